The number of nitrogens with one attached hydrogen (secondary N) is 1. The number of likely N-dealkylation sites (N-methyl/N-ethyl adjacent to an activating group) is 1. The maximum Gasteiger partial charge on any atom is 0.472 e. The van der Waals surface area contributed by atoms with E-state index in [-0.39, 0.29) is 19.1 Å². The van der Waals surface area contributed by atoms with Crippen molar-refractivity contribution >= 4 is 13.7 Å². The standard InChI is InChI=1S/C51H89N2O6P/c1-6-8-10-12-14-16-17-18-19-20-21-22-23-24-25-26-27-28-29-30-31-32-33-34-35-37-39-41-43-45-51(55)52-49(48-59-60(56,57)58-47-46-53(3,4)5)50(54)44-42-40-38-36-15-13-11-9-7-2/h7-10,14-16,18-19,21-22,24-25,36,42,44,49-50,54H,6,11-13,17,20,23,26-35,37-41,43,45-48H2,1-5H3,(H-,52,55,56,57)/p+1/b9-7+,10-8-,16-14-,19-18-,22-21-,25-24-,36-15+,44-42+. The average molecular weight is 858 g/mol. The summed E-state index contributed by atoms with van der Waals surface area (Å²) in [7, 11) is 1.53. The van der Waals surface area contributed by atoms with E-state index in [4.69, 9.17) is 9.05 Å². The monoisotopic (exact) mass is 858 g/mol. The lowest BCUT2D eigenvalue weighted by atomic mass is 10.0. The minimum atomic E-state index is -4.35. The second-order valence-electron chi connectivity index (χ2n) is 16.7. The highest BCUT2D eigenvalue weighted by atomic mass is 31.2. The van der Waals surface area contributed by atoms with Crippen LogP contribution in [-0.4, -0.2) is 73.4 Å². The molecule has 3 unspecified atom stereocenters. The van der Waals surface area contributed by atoms with Crippen LogP contribution in [-0.2, 0) is 18.4 Å². The molecule has 344 valence electrons. The van der Waals surface area contributed by atoms with Crippen molar-refractivity contribution in [2.75, 3.05) is 40.9 Å². The number of phosphoric ester groups is 1. The van der Waals surface area contributed by atoms with E-state index in [2.05, 4.69) is 91.2 Å². The third-order valence-corrected chi connectivity index (χ3v) is 10.8. The van der Waals surface area contributed by atoms with Crippen molar-refractivity contribution in [3.63, 3.8) is 0 Å². The van der Waals surface area contributed by atoms with Gasteiger partial charge in [-0.05, 0) is 84.0 Å². The number of nitrogens with zero attached hydrogens (tertiary/aromatic N) is 1. The molecule has 0 spiro atoms. The van der Waals surface area contributed by atoms with Gasteiger partial charge in [-0.3, -0.25) is 13.8 Å². The molecule has 0 saturated carbocycles. The van der Waals surface area contributed by atoms with E-state index in [0.717, 1.165) is 77.0 Å². The van der Waals surface area contributed by atoms with E-state index in [1.807, 2.05) is 40.2 Å². The summed E-state index contributed by atoms with van der Waals surface area (Å²) in [6, 6.07) is -0.873. The number of carbonyl (C=O) groups is 1. The molecule has 8 nitrogen and oxygen atoms in total. The zero-order valence-corrected chi connectivity index (χ0v) is 39.8. The fraction of sp³-hybridized carbons (Fsp3) is 0.667. The number of aliphatic hydroxyl groups excluding tert-OH is 1. The van der Waals surface area contributed by atoms with Gasteiger partial charge in [0.2, 0.25) is 5.91 Å². The molecule has 0 rings (SSSR count). The van der Waals surface area contributed by atoms with Crippen LogP contribution < -0.4 is 5.32 Å². The highest BCUT2D eigenvalue weighted by Crippen LogP contribution is 2.43. The van der Waals surface area contributed by atoms with Gasteiger partial charge in [0.15, 0.2) is 0 Å². The highest BCUT2D eigenvalue weighted by Gasteiger charge is 2.27. The lowest BCUT2D eigenvalue weighted by Gasteiger charge is -2.25. The molecule has 1 amide bonds. The summed E-state index contributed by atoms with van der Waals surface area (Å²) < 4.78 is 23.5. The molecule has 0 aliphatic carbocycles. The molecule has 60 heavy (non-hydrogen) atoms. The molecule has 0 saturated heterocycles. The predicted molar refractivity (Wildman–Crippen MR) is 258 cm³/mol. The van der Waals surface area contributed by atoms with Crippen LogP contribution in [0, 0.1) is 0 Å². The van der Waals surface area contributed by atoms with E-state index in [9.17, 15) is 19.4 Å². The lowest BCUT2D eigenvalue weighted by Crippen LogP contribution is -2.45. The fourth-order valence-electron chi connectivity index (χ4n) is 6.16. The first-order valence-electron chi connectivity index (χ1n) is 23.6. The van der Waals surface area contributed by atoms with Gasteiger partial charge >= 0.3 is 7.82 Å². The summed E-state index contributed by atoms with van der Waals surface area (Å²) in [5.74, 6) is -0.201. The normalized spacial score (nSPS) is 15.1. The van der Waals surface area contributed by atoms with Gasteiger partial charge in [0.1, 0.15) is 13.2 Å². The second kappa shape index (κ2) is 41.8. The van der Waals surface area contributed by atoms with Gasteiger partial charge in [-0.25, -0.2) is 4.57 Å². The van der Waals surface area contributed by atoms with E-state index >= 15 is 0 Å². The van der Waals surface area contributed by atoms with Crippen molar-refractivity contribution < 1.29 is 32.9 Å². The van der Waals surface area contributed by atoms with Crippen molar-refractivity contribution in [1.82, 2.24) is 5.32 Å². The van der Waals surface area contributed by atoms with Crippen molar-refractivity contribution in [2.24, 2.45) is 0 Å². The van der Waals surface area contributed by atoms with Gasteiger partial charge in [-0.15, -0.1) is 0 Å². The summed E-state index contributed by atoms with van der Waals surface area (Å²) in [5, 5.41) is 13.7. The molecule has 0 aromatic rings. The molecule has 0 bridgehead atoms. The molecule has 0 aliphatic heterocycles. The van der Waals surface area contributed by atoms with E-state index in [0.29, 0.717) is 17.4 Å². The fourth-order valence-corrected chi connectivity index (χ4v) is 6.90. The van der Waals surface area contributed by atoms with E-state index < -0.39 is 20.0 Å². The van der Waals surface area contributed by atoms with Gasteiger partial charge in [-0.1, -0.05) is 175 Å². The number of hydrogen-bond acceptors (Lipinski definition) is 5. The molecule has 0 heterocycles. The Morgan fingerprint density at radius 3 is 1.53 bits per heavy atom. The lowest BCUT2D eigenvalue weighted by molar-refractivity contribution is -0.870. The molecular formula is C51H90N2O6P+. The quantitative estimate of drug-likeness (QED) is 0.0245. The summed E-state index contributed by atoms with van der Waals surface area (Å²) >= 11 is 0. The van der Waals surface area contributed by atoms with Crippen LogP contribution in [0.4, 0.5) is 0 Å². The van der Waals surface area contributed by atoms with Crippen LogP contribution in [0.25, 0.3) is 0 Å². The molecule has 3 atom stereocenters. The van der Waals surface area contributed by atoms with Gasteiger partial charge in [0.25, 0.3) is 0 Å². The average Bonchev–Trinajstić information content (AvgIpc) is 3.20. The second-order valence-corrected chi connectivity index (χ2v) is 18.2. The summed E-state index contributed by atoms with van der Waals surface area (Å²) in [4.78, 5) is 23.1. The Morgan fingerprint density at radius 1 is 0.600 bits per heavy atom. The van der Waals surface area contributed by atoms with Crippen LogP contribution in [0.1, 0.15) is 168 Å². The maximum atomic E-state index is 12.9. The smallest absolute Gasteiger partial charge is 0.387 e. The Balaban J connectivity index is 4.13. The number of phosphoric acid groups is 1. The Bertz CT molecular complexity index is 1290. The van der Waals surface area contributed by atoms with Crippen molar-refractivity contribution in [3.8, 4) is 0 Å². The first-order chi connectivity index (χ1) is 29.0. The number of aliphatic hydroxyl groups is 1. The molecule has 0 radical (unpaired) electrons. The minimum Gasteiger partial charge on any atom is -0.387 e. The Kier molecular flexibility index (Phi) is 40.0. The Hall–Kier alpha value is -2.58. The molecule has 0 aromatic carbocycles. The number of carbonyl (C=O) groups excluding carboxylic acids is 1. The van der Waals surface area contributed by atoms with Crippen molar-refractivity contribution in [1.29, 1.82) is 0 Å². The minimum absolute atomic E-state index is 0.0485. The zero-order valence-electron chi connectivity index (χ0n) is 38.9. The zero-order chi connectivity index (χ0) is 44.3. The number of rotatable bonds is 41. The Labute approximate surface area is 369 Å². The largest absolute Gasteiger partial charge is 0.472 e. The summed E-state index contributed by atoms with van der Waals surface area (Å²) in [5.41, 5.74) is 0. The van der Waals surface area contributed by atoms with Gasteiger partial charge in [-0.2, -0.15) is 0 Å². The van der Waals surface area contributed by atoms with Crippen LogP contribution in [0.5, 0.6) is 0 Å². The number of amides is 1. The molecule has 0 fully saturated rings. The third kappa shape index (κ3) is 43.5. The number of hydrogen-bond donors (Lipinski definition) is 3. The van der Waals surface area contributed by atoms with Crippen LogP contribution in [0.15, 0.2) is 97.2 Å². The Morgan fingerprint density at radius 2 is 1.03 bits per heavy atom. The van der Waals surface area contributed by atoms with Gasteiger partial charge in [0.05, 0.1) is 39.9 Å². The molecule has 9 heteroatoms. The topological polar surface area (TPSA) is 105 Å². The predicted octanol–water partition coefficient (Wildman–Crippen LogP) is 13.5. The molecule has 0 aromatic heterocycles. The first kappa shape index (κ1) is 57.4. The highest BCUT2D eigenvalue weighted by molar-refractivity contribution is 7.47. The summed E-state index contributed by atoms with van der Waals surface area (Å²) in [6.45, 7) is 4.41. The SMILES string of the molecule is C/C=C/CC/C=C/CC/C=C/C(O)C(COP(=O)(O)OCC[N+](C)(C)C)NC(=O)CCCCCCCCCCCCCCC/C=C\C/C=C\C/C=C\C/C=C\C/C=C\CC. The summed E-state index contributed by atoms with van der Waals surface area (Å²) in [6.07, 6.45) is 59.5. The number of unbranched alkanes of at least 4 members (excludes halogenated alkanes) is 15. The molecule has 3 N–H and O–H groups in total. The van der Waals surface area contributed by atoms with Crippen LogP contribution >= 0.6 is 7.82 Å². The maximum absolute atomic E-state index is 12.9. The van der Waals surface area contributed by atoms with Crippen molar-refractivity contribution in [3.05, 3.63) is 97.2 Å². The van der Waals surface area contributed by atoms with Crippen LogP contribution in [0.3, 0.4) is 0 Å². The molecule has 0 aliphatic rings. The van der Waals surface area contributed by atoms with Crippen LogP contribution in [0.2, 0.25) is 0 Å². The third-order valence-electron chi connectivity index (χ3n) is 9.86. The van der Waals surface area contributed by atoms with E-state index in [1.54, 1.807) is 6.08 Å². The first-order valence-corrected chi connectivity index (χ1v) is 25.1. The van der Waals surface area contributed by atoms with Crippen molar-refractivity contribution in [2.45, 2.75) is 180 Å². The molecular weight excluding hydrogens is 768 g/mol. The number of quaternary nitrogens is 1. The van der Waals surface area contributed by atoms with Gasteiger partial charge in [0, 0.05) is 6.42 Å². The van der Waals surface area contributed by atoms with Gasteiger partial charge < -0.3 is 19.8 Å². The number of allylic oxidation sites excluding steroid dienone is 15. The van der Waals surface area contributed by atoms with E-state index in [1.165, 1.54) is 70.6 Å².